The van der Waals surface area contributed by atoms with Gasteiger partial charge in [0.15, 0.2) is 5.78 Å². The molecule has 3 aromatic carbocycles. The number of ketones is 1. The highest BCUT2D eigenvalue weighted by atomic mass is 16.1. The lowest BCUT2D eigenvalue weighted by Crippen LogP contribution is -2.11. The molecule has 0 N–H and O–H groups in total. The second-order valence-corrected chi connectivity index (χ2v) is 7.86. The Morgan fingerprint density at radius 3 is 2.12 bits per heavy atom. The van der Waals surface area contributed by atoms with Crippen LogP contribution in [-0.2, 0) is 11.8 Å². The molecule has 1 aliphatic carbocycles. The maximum atomic E-state index is 12.9. The fraction of sp³-hybridized carbons (Fsp3) is 0.208. The zero-order chi connectivity index (χ0) is 17.6. The van der Waals surface area contributed by atoms with E-state index in [1.54, 1.807) is 0 Å². The van der Waals surface area contributed by atoms with Gasteiger partial charge in [-0.05, 0) is 45.7 Å². The van der Waals surface area contributed by atoms with E-state index in [1.807, 2.05) is 18.2 Å². The van der Waals surface area contributed by atoms with E-state index >= 15 is 0 Å². The van der Waals surface area contributed by atoms with Gasteiger partial charge in [0.1, 0.15) is 0 Å². The molecule has 124 valence electrons. The predicted molar refractivity (Wildman–Crippen MR) is 103 cm³/mol. The van der Waals surface area contributed by atoms with Crippen LogP contribution in [0.25, 0.3) is 11.1 Å². The maximum absolute atomic E-state index is 12.9. The molecule has 1 aliphatic rings. The number of hydrogen-bond donors (Lipinski definition) is 0. The second kappa shape index (κ2) is 5.70. The molecule has 0 fully saturated rings. The Labute approximate surface area is 149 Å². The third kappa shape index (κ3) is 2.80. The monoisotopic (exact) mass is 326 g/mol. The molecule has 0 atom stereocenters. The van der Waals surface area contributed by atoms with E-state index in [2.05, 4.69) is 69.3 Å². The van der Waals surface area contributed by atoms with Crippen molar-refractivity contribution in [2.24, 2.45) is 0 Å². The summed E-state index contributed by atoms with van der Waals surface area (Å²) in [6.45, 7) is 6.55. The van der Waals surface area contributed by atoms with Gasteiger partial charge in [-0.15, -0.1) is 0 Å². The van der Waals surface area contributed by atoms with Gasteiger partial charge < -0.3 is 0 Å². The Bertz CT molecular complexity index is 956. The van der Waals surface area contributed by atoms with E-state index in [4.69, 9.17) is 0 Å². The zero-order valence-electron chi connectivity index (χ0n) is 15.0. The number of hydrogen-bond acceptors (Lipinski definition) is 1. The Morgan fingerprint density at radius 1 is 0.760 bits per heavy atom. The van der Waals surface area contributed by atoms with Gasteiger partial charge in [0.25, 0.3) is 0 Å². The first-order chi connectivity index (χ1) is 11.9. The average molecular weight is 326 g/mol. The first-order valence-electron chi connectivity index (χ1n) is 8.80. The quantitative estimate of drug-likeness (QED) is 0.426. The van der Waals surface area contributed by atoms with Crippen molar-refractivity contribution >= 4 is 5.78 Å². The largest absolute Gasteiger partial charge is 0.289 e. The van der Waals surface area contributed by atoms with E-state index in [0.29, 0.717) is 0 Å². The maximum Gasteiger partial charge on any atom is 0.193 e. The minimum atomic E-state index is 0.0965. The molecule has 1 nitrogen and oxygen atoms in total. The molecular formula is C24H22O. The summed E-state index contributed by atoms with van der Waals surface area (Å²) in [5, 5.41) is 0. The number of fused-ring (bicyclic) bond motifs is 3. The van der Waals surface area contributed by atoms with Crippen LogP contribution in [-0.4, -0.2) is 5.78 Å². The average Bonchev–Trinajstić information content (AvgIpc) is 2.98. The van der Waals surface area contributed by atoms with Crippen molar-refractivity contribution in [3.63, 3.8) is 0 Å². The Hall–Kier alpha value is -2.67. The highest BCUT2D eigenvalue weighted by molar-refractivity contribution is 6.09. The summed E-state index contributed by atoms with van der Waals surface area (Å²) < 4.78 is 0. The first kappa shape index (κ1) is 15.8. The van der Waals surface area contributed by atoms with E-state index in [0.717, 1.165) is 17.5 Å². The highest BCUT2D eigenvalue weighted by Gasteiger charge is 2.20. The molecule has 0 saturated heterocycles. The third-order valence-corrected chi connectivity index (χ3v) is 5.07. The van der Waals surface area contributed by atoms with Gasteiger partial charge in [-0.25, -0.2) is 0 Å². The second-order valence-electron chi connectivity index (χ2n) is 7.86. The van der Waals surface area contributed by atoms with Crippen LogP contribution in [0.3, 0.4) is 0 Å². The van der Waals surface area contributed by atoms with Crippen LogP contribution in [0.2, 0.25) is 0 Å². The smallest absolute Gasteiger partial charge is 0.193 e. The third-order valence-electron chi connectivity index (χ3n) is 5.07. The van der Waals surface area contributed by atoms with Crippen molar-refractivity contribution in [2.45, 2.75) is 32.6 Å². The molecule has 0 unspecified atom stereocenters. The number of benzene rings is 3. The van der Waals surface area contributed by atoms with Crippen LogP contribution in [0.5, 0.6) is 0 Å². The summed E-state index contributed by atoms with van der Waals surface area (Å²) in [4.78, 5) is 12.9. The fourth-order valence-electron chi connectivity index (χ4n) is 3.57. The van der Waals surface area contributed by atoms with E-state index in [1.165, 1.54) is 27.8 Å². The SMILES string of the molecule is CC(C)(C)c1ccc(C(=O)c2ccc3c(c2)Cc2ccccc2-3)cc1. The van der Waals surface area contributed by atoms with Gasteiger partial charge in [-0.2, -0.15) is 0 Å². The van der Waals surface area contributed by atoms with Crippen molar-refractivity contribution in [1.29, 1.82) is 0 Å². The summed E-state index contributed by atoms with van der Waals surface area (Å²) in [6.07, 6.45) is 0.912. The summed E-state index contributed by atoms with van der Waals surface area (Å²) in [6, 6.07) is 22.6. The summed E-state index contributed by atoms with van der Waals surface area (Å²) in [7, 11) is 0. The van der Waals surface area contributed by atoms with Crippen molar-refractivity contribution in [3.8, 4) is 11.1 Å². The van der Waals surface area contributed by atoms with Gasteiger partial charge in [0.2, 0.25) is 0 Å². The molecule has 0 amide bonds. The first-order valence-corrected chi connectivity index (χ1v) is 8.80. The van der Waals surface area contributed by atoms with Gasteiger partial charge in [-0.3, -0.25) is 4.79 Å². The Balaban J connectivity index is 1.65. The van der Waals surface area contributed by atoms with Crippen molar-refractivity contribution in [2.75, 3.05) is 0 Å². The standard InChI is InChI=1S/C24H22O/c1-24(2,3)20-11-8-16(9-12-20)23(25)18-10-13-22-19(15-18)14-17-6-4-5-7-21(17)22/h4-13,15H,14H2,1-3H3. The van der Waals surface area contributed by atoms with Crippen molar-refractivity contribution in [3.05, 3.63) is 94.5 Å². The van der Waals surface area contributed by atoms with Gasteiger partial charge in [-0.1, -0.05) is 81.4 Å². The van der Waals surface area contributed by atoms with E-state index < -0.39 is 0 Å². The number of carbonyl (C=O) groups excluding carboxylic acids is 1. The molecule has 25 heavy (non-hydrogen) atoms. The van der Waals surface area contributed by atoms with Crippen LogP contribution >= 0.6 is 0 Å². The number of carbonyl (C=O) groups is 1. The van der Waals surface area contributed by atoms with Crippen molar-refractivity contribution < 1.29 is 4.79 Å². The molecule has 4 rings (SSSR count). The summed E-state index contributed by atoms with van der Waals surface area (Å²) in [5.41, 5.74) is 8.02. The minimum absolute atomic E-state index is 0.0965. The molecule has 0 aromatic heterocycles. The van der Waals surface area contributed by atoms with Gasteiger partial charge in [0, 0.05) is 11.1 Å². The molecule has 0 aliphatic heterocycles. The van der Waals surface area contributed by atoms with Gasteiger partial charge in [0.05, 0.1) is 0 Å². The van der Waals surface area contributed by atoms with Crippen LogP contribution in [0.4, 0.5) is 0 Å². The lowest BCUT2D eigenvalue weighted by Gasteiger charge is -2.19. The van der Waals surface area contributed by atoms with Crippen molar-refractivity contribution in [1.82, 2.24) is 0 Å². The summed E-state index contributed by atoms with van der Waals surface area (Å²) in [5.74, 6) is 0.0965. The molecule has 0 radical (unpaired) electrons. The zero-order valence-corrected chi connectivity index (χ0v) is 15.0. The predicted octanol–water partition coefficient (Wildman–Crippen LogP) is 5.79. The Morgan fingerprint density at radius 2 is 1.40 bits per heavy atom. The van der Waals surface area contributed by atoms with Gasteiger partial charge >= 0.3 is 0 Å². The molecule has 0 heterocycles. The van der Waals surface area contributed by atoms with Crippen LogP contribution in [0.1, 0.15) is 53.4 Å². The summed E-state index contributed by atoms with van der Waals surface area (Å²) >= 11 is 0. The molecule has 3 aromatic rings. The number of rotatable bonds is 2. The normalized spacial score (nSPS) is 12.6. The lowest BCUT2D eigenvalue weighted by atomic mass is 9.86. The minimum Gasteiger partial charge on any atom is -0.289 e. The van der Waals surface area contributed by atoms with Crippen LogP contribution in [0.15, 0.2) is 66.7 Å². The highest BCUT2D eigenvalue weighted by Crippen LogP contribution is 2.37. The topological polar surface area (TPSA) is 17.1 Å². The molecular weight excluding hydrogens is 304 g/mol. The molecule has 0 bridgehead atoms. The molecule has 0 saturated carbocycles. The molecule has 1 heteroatoms. The molecule has 0 spiro atoms. The van der Waals surface area contributed by atoms with E-state index in [9.17, 15) is 4.79 Å². The van der Waals surface area contributed by atoms with E-state index in [-0.39, 0.29) is 11.2 Å². The van der Waals surface area contributed by atoms with Crippen LogP contribution < -0.4 is 0 Å². The lowest BCUT2D eigenvalue weighted by molar-refractivity contribution is 0.103. The van der Waals surface area contributed by atoms with Crippen LogP contribution in [0, 0.1) is 0 Å². The Kier molecular flexibility index (Phi) is 3.61. The fourth-order valence-corrected chi connectivity index (χ4v) is 3.57.